The van der Waals surface area contributed by atoms with Gasteiger partial charge in [0.15, 0.2) is 0 Å². The number of carbonyl (C=O) groups is 1. The van der Waals surface area contributed by atoms with Crippen molar-refractivity contribution in [2.24, 2.45) is 0 Å². The van der Waals surface area contributed by atoms with Gasteiger partial charge in [-0.3, -0.25) is 4.79 Å². The van der Waals surface area contributed by atoms with Gasteiger partial charge in [-0.25, -0.2) is 9.37 Å². The number of carbonyl (C=O) groups excluding carboxylic acids is 1. The lowest BCUT2D eigenvalue weighted by atomic mass is 10.2. The molecule has 0 atom stereocenters. The van der Waals surface area contributed by atoms with E-state index in [0.29, 0.717) is 18.0 Å². The minimum absolute atomic E-state index is 0.308. The van der Waals surface area contributed by atoms with Crippen LogP contribution in [0.4, 0.5) is 10.1 Å². The molecule has 3 aromatic carbocycles. The van der Waals surface area contributed by atoms with E-state index in [4.69, 9.17) is 9.47 Å². The predicted octanol–water partition coefficient (Wildman–Crippen LogP) is 5.79. The van der Waals surface area contributed by atoms with Gasteiger partial charge in [-0.05, 0) is 66.2 Å². The molecule has 0 unspecified atom stereocenters. The average Bonchev–Trinajstić information content (AvgIpc) is 3.30. The van der Waals surface area contributed by atoms with Crippen molar-refractivity contribution in [3.8, 4) is 22.1 Å². The molecule has 0 saturated heterocycles. The SMILES string of the molecule is COc1cccc(COc2ccc(-c3nc(C(=O)Nc4ccc(F)cc4)cs3)cc2)c1. The Balaban J connectivity index is 1.38. The molecule has 156 valence electrons. The van der Waals surface area contributed by atoms with E-state index in [9.17, 15) is 9.18 Å². The van der Waals surface area contributed by atoms with E-state index in [1.165, 1.54) is 35.6 Å². The van der Waals surface area contributed by atoms with Crippen LogP contribution in [0.1, 0.15) is 16.1 Å². The number of ether oxygens (including phenoxy) is 2. The van der Waals surface area contributed by atoms with Gasteiger partial charge in [0, 0.05) is 16.6 Å². The van der Waals surface area contributed by atoms with Gasteiger partial charge in [0.05, 0.1) is 7.11 Å². The third kappa shape index (κ3) is 5.26. The Bertz CT molecular complexity index is 1170. The lowest BCUT2D eigenvalue weighted by Gasteiger charge is -2.08. The van der Waals surface area contributed by atoms with Gasteiger partial charge in [0.25, 0.3) is 5.91 Å². The Morgan fingerprint density at radius 3 is 2.55 bits per heavy atom. The zero-order chi connectivity index (χ0) is 21.6. The first-order valence-electron chi connectivity index (χ1n) is 9.49. The van der Waals surface area contributed by atoms with Crippen LogP contribution in [0.3, 0.4) is 0 Å². The van der Waals surface area contributed by atoms with E-state index in [-0.39, 0.29) is 11.7 Å². The smallest absolute Gasteiger partial charge is 0.275 e. The number of amides is 1. The number of hydrogen-bond acceptors (Lipinski definition) is 5. The van der Waals surface area contributed by atoms with Crippen molar-refractivity contribution >= 4 is 22.9 Å². The summed E-state index contributed by atoms with van der Waals surface area (Å²) in [7, 11) is 1.63. The van der Waals surface area contributed by atoms with Crippen molar-refractivity contribution in [1.29, 1.82) is 0 Å². The molecule has 5 nitrogen and oxygen atoms in total. The maximum atomic E-state index is 13.0. The first-order chi connectivity index (χ1) is 15.1. The molecule has 0 radical (unpaired) electrons. The van der Waals surface area contributed by atoms with Crippen LogP contribution in [0.15, 0.2) is 78.2 Å². The number of anilines is 1. The summed E-state index contributed by atoms with van der Waals surface area (Å²) >= 11 is 1.38. The topological polar surface area (TPSA) is 60.5 Å². The third-order valence-corrected chi connectivity index (χ3v) is 5.37. The normalized spacial score (nSPS) is 10.5. The first kappa shape index (κ1) is 20.6. The van der Waals surface area contributed by atoms with Gasteiger partial charge in [-0.2, -0.15) is 0 Å². The van der Waals surface area contributed by atoms with Crippen LogP contribution < -0.4 is 14.8 Å². The highest BCUT2D eigenvalue weighted by Gasteiger charge is 2.12. The summed E-state index contributed by atoms with van der Waals surface area (Å²) in [5.74, 6) is 0.828. The molecule has 4 rings (SSSR count). The van der Waals surface area contributed by atoms with Crippen LogP contribution in [0, 0.1) is 5.82 Å². The molecule has 0 saturated carbocycles. The number of aromatic nitrogens is 1. The Morgan fingerprint density at radius 2 is 1.81 bits per heavy atom. The van der Waals surface area contributed by atoms with Crippen molar-refractivity contribution < 1.29 is 18.7 Å². The Kier molecular flexibility index (Phi) is 6.24. The monoisotopic (exact) mass is 434 g/mol. The standard InChI is InChI=1S/C24H19FN2O3S/c1-29-21-4-2-3-16(13-21)14-30-20-11-5-17(6-12-20)24-27-22(15-31-24)23(28)26-19-9-7-18(25)8-10-19/h2-13,15H,14H2,1H3,(H,26,28). The molecule has 1 heterocycles. The van der Waals surface area contributed by atoms with Crippen molar-refractivity contribution in [2.75, 3.05) is 12.4 Å². The Hall–Kier alpha value is -3.71. The fourth-order valence-electron chi connectivity index (χ4n) is 2.86. The Labute approximate surface area is 183 Å². The largest absolute Gasteiger partial charge is 0.497 e. The number of rotatable bonds is 7. The molecule has 0 bridgehead atoms. The highest BCUT2D eigenvalue weighted by molar-refractivity contribution is 7.13. The van der Waals surface area contributed by atoms with Crippen LogP contribution in [-0.4, -0.2) is 18.0 Å². The molecular weight excluding hydrogens is 415 g/mol. The van der Waals surface area contributed by atoms with Crippen molar-refractivity contribution in [3.05, 3.63) is 95.3 Å². The van der Waals surface area contributed by atoms with Crippen LogP contribution in [0.25, 0.3) is 10.6 Å². The van der Waals surface area contributed by atoms with E-state index < -0.39 is 0 Å². The van der Waals surface area contributed by atoms with Crippen LogP contribution in [0.5, 0.6) is 11.5 Å². The molecule has 31 heavy (non-hydrogen) atoms. The van der Waals surface area contributed by atoms with E-state index in [1.54, 1.807) is 12.5 Å². The summed E-state index contributed by atoms with van der Waals surface area (Å²) in [4.78, 5) is 16.8. The molecule has 0 aliphatic carbocycles. The number of nitrogens with zero attached hydrogens (tertiary/aromatic N) is 1. The first-order valence-corrected chi connectivity index (χ1v) is 10.4. The van der Waals surface area contributed by atoms with E-state index in [0.717, 1.165) is 27.6 Å². The fraction of sp³-hybridized carbons (Fsp3) is 0.0833. The van der Waals surface area contributed by atoms with E-state index >= 15 is 0 Å². The average molecular weight is 434 g/mol. The zero-order valence-electron chi connectivity index (χ0n) is 16.7. The number of benzene rings is 3. The van der Waals surface area contributed by atoms with Crippen molar-refractivity contribution in [2.45, 2.75) is 6.61 Å². The highest BCUT2D eigenvalue weighted by atomic mass is 32.1. The van der Waals surface area contributed by atoms with Gasteiger partial charge >= 0.3 is 0 Å². The van der Waals surface area contributed by atoms with Gasteiger partial charge in [0.2, 0.25) is 0 Å². The molecule has 0 aliphatic rings. The third-order valence-electron chi connectivity index (χ3n) is 4.48. The second-order valence-electron chi connectivity index (χ2n) is 6.66. The molecule has 4 aromatic rings. The minimum atomic E-state index is -0.357. The maximum Gasteiger partial charge on any atom is 0.275 e. The van der Waals surface area contributed by atoms with Crippen LogP contribution in [-0.2, 0) is 6.61 Å². The summed E-state index contributed by atoms with van der Waals surface area (Å²) in [6.45, 7) is 0.432. The molecule has 7 heteroatoms. The summed E-state index contributed by atoms with van der Waals surface area (Å²) in [5.41, 5.74) is 2.72. The predicted molar refractivity (Wildman–Crippen MR) is 119 cm³/mol. The highest BCUT2D eigenvalue weighted by Crippen LogP contribution is 2.26. The van der Waals surface area contributed by atoms with Crippen LogP contribution >= 0.6 is 11.3 Å². The van der Waals surface area contributed by atoms with Gasteiger partial charge in [-0.1, -0.05) is 12.1 Å². The second-order valence-corrected chi connectivity index (χ2v) is 7.52. The molecule has 0 fully saturated rings. The molecule has 1 N–H and O–H groups in total. The number of thiazole rings is 1. The maximum absolute atomic E-state index is 13.0. The lowest BCUT2D eigenvalue weighted by Crippen LogP contribution is -2.12. The van der Waals surface area contributed by atoms with E-state index in [1.807, 2.05) is 48.5 Å². The number of nitrogens with one attached hydrogen (secondary N) is 1. The fourth-order valence-corrected chi connectivity index (χ4v) is 3.67. The van der Waals surface area contributed by atoms with E-state index in [2.05, 4.69) is 10.3 Å². The van der Waals surface area contributed by atoms with Gasteiger partial charge in [0.1, 0.15) is 34.6 Å². The zero-order valence-corrected chi connectivity index (χ0v) is 17.5. The summed E-state index contributed by atoms with van der Waals surface area (Å²) in [6, 6.07) is 20.9. The molecule has 1 aromatic heterocycles. The number of hydrogen-bond donors (Lipinski definition) is 1. The van der Waals surface area contributed by atoms with Crippen molar-refractivity contribution in [3.63, 3.8) is 0 Å². The van der Waals surface area contributed by atoms with Gasteiger partial charge < -0.3 is 14.8 Å². The lowest BCUT2D eigenvalue weighted by molar-refractivity contribution is 0.102. The summed E-state index contributed by atoms with van der Waals surface area (Å²) < 4.78 is 24.1. The van der Waals surface area contributed by atoms with Crippen molar-refractivity contribution in [1.82, 2.24) is 4.98 Å². The molecule has 0 spiro atoms. The Morgan fingerprint density at radius 1 is 1.03 bits per heavy atom. The summed E-state index contributed by atoms with van der Waals surface area (Å²) in [5, 5.41) is 5.13. The number of halogens is 1. The van der Waals surface area contributed by atoms with Crippen LogP contribution in [0.2, 0.25) is 0 Å². The second kappa shape index (κ2) is 9.40. The summed E-state index contributed by atoms with van der Waals surface area (Å²) in [6.07, 6.45) is 0. The molecular formula is C24H19FN2O3S. The quantitative estimate of drug-likeness (QED) is 0.400. The molecule has 0 aliphatic heterocycles. The number of methoxy groups -OCH3 is 1. The minimum Gasteiger partial charge on any atom is -0.497 e. The molecule has 1 amide bonds. The van der Waals surface area contributed by atoms with Gasteiger partial charge in [-0.15, -0.1) is 11.3 Å².